The minimum absolute atomic E-state index is 0.0433. The van der Waals surface area contributed by atoms with Crippen molar-refractivity contribution in [2.45, 2.75) is 72.0 Å². The van der Waals surface area contributed by atoms with Crippen LogP contribution in [0.25, 0.3) is 0 Å². The van der Waals surface area contributed by atoms with Gasteiger partial charge in [-0.25, -0.2) is 0 Å². The second-order valence-electron chi connectivity index (χ2n) is 4.02. The van der Waals surface area contributed by atoms with Gasteiger partial charge < -0.3 is 9.47 Å². The first-order chi connectivity index (χ1) is 7.35. The van der Waals surface area contributed by atoms with Crippen LogP contribution in [0, 0.1) is 0 Å². The van der Waals surface area contributed by atoms with Crippen LogP contribution in [0.15, 0.2) is 0 Å². The summed E-state index contributed by atoms with van der Waals surface area (Å²) in [6.07, 6.45) is 8.39. The number of hydrogen-bond donors (Lipinski definition) is 0. The third-order valence-electron chi connectivity index (χ3n) is 2.31. The van der Waals surface area contributed by atoms with Crippen LogP contribution >= 0.6 is 0 Å². The predicted molar refractivity (Wildman–Crippen MR) is 65.0 cm³/mol. The molecular weight excluding hydrogens is 188 g/mol. The number of unbranched alkanes of at least 4 members (excludes halogenated alkanes) is 3. The van der Waals surface area contributed by atoms with Gasteiger partial charge in [0.05, 0.1) is 0 Å². The largest absolute Gasteiger partial charge is 0.353 e. The Kier molecular flexibility index (Phi) is 11.9. The Labute approximate surface area is 95.3 Å². The predicted octanol–water partition coefficient (Wildman–Crippen LogP) is 4.14. The molecule has 0 saturated heterocycles. The van der Waals surface area contributed by atoms with Crippen molar-refractivity contribution in [2.75, 3.05) is 13.2 Å². The summed E-state index contributed by atoms with van der Waals surface area (Å²) in [6.45, 7) is 8.14. The summed E-state index contributed by atoms with van der Waals surface area (Å²) in [4.78, 5) is 0. The van der Waals surface area contributed by atoms with Crippen LogP contribution in [0.2, 0.25) is 0 Å². The molecule has 0 bridgehead atoms. The van der Waals surface area contributed by atoms with Gasteiger partial charge in [-0.3, -0.25) is 0 Å². The monoisotopic (exact) mass is 216 g/mol. The zero-order valence-corrected chi connectivity index (χ0v) is 10.8. The van der Waals surface area contributed by atoms with Crippen LogP contribution in [0.1, 0.15) is 65.7 Å². The lowest BCUT2D eigenvalue weighted by Gasteiger charge is -2.17. The number of ether oxygens (including phenoxy) is 2. The summed E-state index contributed by atoms with van der Waals surface area (Å²) in [5.41, 5.74) is 0. The van der Waals surface area contributed by atoms with Gasteiger partial charge in [0.15, 0.2) is 6.29 Å². The molecule has 0 aliphatic heterocycles. The summed E-state index contributed by atoms with van der Waals surface area (Å²) in [5.74, 6) is 0. The Morgan fingerprint density at radius 2 is 1.33 bits per heavy atom. The van der Waals surface area contributed by atoms with Crippen molar-refractivity contribution in [3.8, 4) is 0 Å². The molecule has 0 spiro atoms. The number of rotatable bonds is 11. The molecule has 0 N–H and O–H groups in total. The van der Waals surface area contributed by atoms with Gasteiger partial charge in [0.25, 0.3) is 0 Å². The van der Waals surface area contributed by atoms with Crippen LogP contribution in [0.4, 0.5) is 0 Å². The molecule has 0 aromatic carbocycles. The molecule has 0 fully saturated rings. The van der Waals surface area contributed by atoms with Crippen LogP contribution in [0.3, 0.4) is 0 Å². The van der Waals surface area contributed by atoms with E-state index in [0.717, 1.165) is 32.5 Å². The molecule has 0 aliphatic rings. The lowest BCUT2D eigenvalue weighted by Crippen LogP contribution is -2.18. The van der Waals surface area contributed by atoms with Gasteiger partial charge in [-0.15, -0.1) is 0 Å². The quantitative estimate of drug-likeness (QED) is 0.382. The Bertz CT molecular complexity index is 107. The highest BCUT2D eigenvalue weighted by atomic mass is 16.7. The van der Waals surface area contributed by atoms with Gasteiger partial charge in [-0.1, -0.05) is 40.0 Å². The zero-order valence-electron chi connectivity index (χ0n) is 10.8. The SMILES string of the molecule is CCCCCCC(OCCC)OCCC. The van der Waals surface area contributed by atoms with Crippen molar-refractivity contribution in [2.24, 2.45) is 0 Å². The fraction of sp³-hybridized carbons (Fsp3) is 1.00. The average Bonchev–Trinajstić information content (AvgIpc) is 2.27. The lowest BCUT2D eigenvalue weighted by molar-refractivity contribution is -0.146. The van der Waals surface area contributed by atoms with Gasteiger partial charge in [-0.05, 0) is 25.7 Å². The van der Waals surface area contributed by atoms with Crippen LogP contribution in [0.5, 0.6) is 0 Å². The summed E-state index contributed by atoms with van der Waals surface area (Å²) in [5, 5.41) is 0. The molecule has 15 heavy (non-hydrogen) atoms. The van der Waals surface area contributed by atoms with E-state index >= 15 is 0 Å². The molecule has 2 heteroatoms. The van der Waals surface area contributed by atoms with Gasteiger partial charge in [0.1, 0.15) is 0 Å². The highest BCUT2D eigenvalue weighted by Crippen LogP contribution is 2.10. The minimum atomic E-state index is 0.0433. The molecule has 0 rings (SSSR count). The Hall–Kier alpha value is -0.0800. The number of hydrogen-bond acceptors (Lipinski definition) is 2. The minimum Gasteiger partial charge on any atom is -0.353 e. The van der Waals surface area contributed by atoms with Crippen molar-refractivity contribution in [1.82, 2.24) is 0 Å². The second kappa shape index (κ2) is 12.0. The molecule has 2 nitrogen and oxygen atoms in total. The molecule has 92 valence electrons. The van der Waals surface area contributed by atoms with E-state index < -0.39 is 0 Å². The molecule has 0 aliphatic carbocycles. The van der Waals surface area contributed by atoms with Crippen molar-refractivity contribution >= 4 is 0 Å². The van der Waals surface area contributed by atoms with Crippen LogP contribution in [-0.2, 0) is 9.47 Å². The normalized spacial score (nSPS) is 11.2. The Balaban J connectivity index is 3.49. The third-order valence-corrected chi connectivity index (χ3v) is 2.31. The smallest absolute Gasteiger partial charge is 0.157 e. The zero-order chi connectivity index (χ0) is 11.4. The molecule has 0 aromatic heterocycles. The van der Waals surface area contributed by atoms with Gasteiger partial charge in [0, 0.05) is 13.2 Å². The van der Waals surface area contributed by atoms with Gasteiger partial charge in [0.2, 0.25) is 0 Å². The van der Waals surface area contributed by atoms with Crippen molar-refractivity contribution in [3.63, 3.8) is 0 Å². The van der Waals surface area contributed by atoms with E-state index in [1.165, 1.54) is 25.7 Å². The lowest BCUT2D eigenvalue weighted by atomic mass is 10.1. The summed E-state index contributed by atoms with van der Waals surface area (Å²) in [7, 11) is 0. The molecule has 0 heterocycles. The van der Waals surface area contributed by atoms with E-state index in [4.69, 9.17) is 9.47 Å². The third kappa shape index (κ3) is 10.2. The van der Waals surface area contributed by atoms with Crippen LogP contribution in [-0.4, -0.2) is 19.5 Å². The highest BCUT2D eigenvalue weighted by Gasteiger charge is 2.07. The summed E-state index contributed by atoms with van der Waals surface area (Å²) >= 11 is 0. The second-order valence-corrected chi connectivity index (χ2v) is 4.02. The highest BCUT2D eigenvalue weighted by molar-refractivity contribution is 4.48. The average molecular weight is 216 g/mol. The van der Waals surface area contributed by atoms with Crippen molar-refractivity contribution < 1.29 is 9.47 Å². The first-order valence-electron chi connectivity index (χ1n) is 6.58. The molecule has 0 unspecified atom stereocenters. The first-order valence-corrected chi connectivity index (χ1v) is 6.58. The summed E-state index contributed by atoms with van der Waals surface area (Å²) < 4.78 is 11.3. The fourth-order valence-corrected chi connectivity index (χ4v) is 1.45. The van der Waals surface area contributed by atoms with Crippen LogP contribution < -0.4 is 0 Å². The van der Waals surface area contributed by atoms with Crippen molar-refractivity contribution in [3.05, 3.63) is 0 Å². The fourth-order valence-electron chi connectivity index (χ4n) is 1.45. The van der Waals surface area contributed by atoms with E-state index in [1.54, 1.807) is 0 Å². The van der Waals surface area contributed by atoms with E-state index in [-0.39, 0.29) is 6.29 Å². The molecule has 0 amide bonds. The first kappa shape index (κ1) is 14.9. The van der Waals surface area contributed by atoms with Gasteiger partial charge >= 0.3 is 0 Å². The molecule has 0 aromatic rings. The van der Waals surface area contributed by atoms with E-state index in [2.05, 4.69) is 20.8 Å². The topological polar surface area (TPSA) is 18.5 Å². The van der Waals surface area contributed by atoms with Crippen molar-refractivity contribution in [1.29, 1.82) is 0 Å². The maximum atomic E-state index is 5.65. The molecule has 0 radical (unpaired) electrons. The van der Waals surface area contributed by atoms with E-state index in [1.807, 2.05) is 0 Å². The maximum Gasteiger partial charge on any atom is 0.157 e. The Morgan fingerprint density at radius 3 is 1.80 bits per heavy atom. The Morgan fingerprint density at radius 1 is 0.733 bits per heavy atom. The van der Waals surface area contributed by atoms with Gasteiger partial charge in [-0.2, -0.15) is 0 Å². The van der Waals surface area contributed by atoms with E-state index in [0.29, 0.717) is 0 Å². The molecule has 0 saturated carbocycles. The van der Waals surface area contributed by atoms with E-state index in [9.17, 15) is 0 Å². The molecular formula is C13H28O2. The maximum absolute atomic E-state index is 5.65. The standard InChI is InChI=1S/C13H28O2/c1-4-7-8-9-10-13(14-11-5-2)15-12-6-3/h13H,4-12H2,1-3H3. The molecule has 0 atom stereocenters. The summed E-state index contributed by atoms with van der Waals surface area (Å²) in [6, 6.07) is 0.